The van der Waals surface area contributed by atoms with Crippen LogP contribution in [0.15, 0.2) is 24.3 Å². The molecule has 1 aromatic rings. The molecular weight excluding hydrogens is 297 g/mol. The van der Waals surface area contributed by atoms with Gasteiger partial charge < -0.3 is 9.84 Å². The molecule has 2 saturated heterocycles. The first-order valence-corrected chi connectivity index (χ1v) is 8.07. The second-order valence-corrected chi connectivity index (χ2v) is 8.01. The highest BCUT2D eigenvalue weighted by Gasteiger charge is 2.63. The van der Waals surface area contributed by atoms with Gasteiger partial charge in [-0.05, 0) is 64.2 Å². The zero-order chi connectivity index (χ0) is 17.0. The maximum absolute atomic E-state index is 13.5. The van der Waals surface area contributed by atoms with Crippen LogP contribution in [0.3, 0.4) is 0 Å². The zero-order valence-electron chi connectivity index (χ0n) is 14.0. The van der Waals surface area contributed by atoms with Crippen LogP contribution in [0.4, 0.5) is 9.18 Å². The van der Waals surface area contributed by atoms with Gasteiger partial charge in [-0.1, -0.05) is 12.1 Å². The molecule has 1 saturated carbocycles. The number of carbonyl (C=O) groups is 1. The van der Waals surface area contributed by atoms with E-state index in [0.29, 0.717) is 5.56 Å². The number of nitrogens with zero attached hydrogens (tertiary/aromatic N) is 1. The number of ether oxygens (including phenoxy) is 1. The third-order valence-electron chi connectivity index (χ3n) is 4.87. The molecule has 2 heterocycles. The lowest BCUT2D eigenvalue weighted by atomic mass is 9.72. The second-order valence-electron chi connectivity index (χ2n) is 8.01. The number of carbonyl (C=O) groups excluding carboxylic acids is 1. The lowest BCUT2D eigenvalue weighted by molar-refractivity contribution is -0.00902. The van der Waals surface area contributed by atoms with Crippen LogP contribution in [0.25, 0.3) is 0 Å². The summed E-state index contributed by atoms with van der Waals surface area (Å²) in [6, 6.07) is 5.58. The quantitative estimate of drug-likeness (QED) is 0.904. The van der Waals surface area contributed by atoms with E-state index in [1.165, 1.54) is 12.1 Å². The van der Waals surface area contributed by atoms with Crippen LogP contribution in [0, 0.1) is 11.7 Å². The number of aliphatic hydroxyl groups is 1. The van der Waals surface area contributed by atoms with Crippen molar-refractivity contribution in [2.24, 2.45) is 5.92 Å². The van der Waals surface area contributed by atoms with Gasteiger partial charge in [-0.3, -0.25) is 4.90 Å². The van der Waals surface area contributed by atoms with E-state index in [9.17, 15) is 14.3 Å². The summed E-state index contributed by atoms with van der Waals surface area (Å²) in [7, 11) is 0. The molecule has 2 aliphatic heterocycles. The molecule has 3 aliphatic rings. The molecule has 0 radical (unpaired) electrons. The lowest BCUT2D eigenvalue weighted by Gasteiger charge is -2.39. The number of halogens is 1. The van der Waals surface area contributed by atoms with Gasteiger partial charge in [0, 0.05) is 5.54 Å². The summed E-state index contributed by atoms with van der Waals surface area (Å²) in [5.41, 5.74) is -0.361. The zero-order valence-corrected chi connectivity index (χ0v) is 14.0. The molecule has 1 aromatic carbocycles. The highest BCUT2D eigenvalue weighted by atomic mass is 19.1. The van der Waals surface area contributed by atoms with Gasteiger partial charge in [0.25, 0.3) is 0 Å². The first kappa shape index (κ1) is 16.2. The topological polar surface area (TPSA) is 49.8 Å². The Morgan fingerprint density at radius 1 is 1.43 bits per heavy atom. The molecule has 4 rings (SSSR count). The van der Waals surface area contributed by atoms with E-state index in [2.05, 4.69) is 0 Å². The van der Waals surface area contributed by atoms with Gasteiger partial charge >= 0.3 is 6.09 Å². The van der Waals surface area contributed by atoms with E-state index in [4.69, 9.17) is 4.74 Å². The van der Waals surface area contributed by atoms with Gasteiger partial charge in [-0.15, -0.1) is 0 Å². The van der Waals surface area contributed by atoms with Crippen molar-refractivity contribution in [3.8, 4) is 0 Å². The molecule has 2 atom stereocenters. The number of aliphatic hydroxyl groups excluding tert-OH is 1. The summed E-state index contributed by atoms with van der Waals surface area (Å²) >= 11 is 0. The van der Waals surface area contributed by atoms with Gasteiger partial charge in [-0.25, -0.2) is 9.18 Å². The predicted molar refractivity (Wildman–Crippen MR) is 84.3 cm³/mol. The molecule has 0 spiro atoms. The monoisotopic (exact) mass is 321 g/mol. The van der Waals surface area contributed by atoms with Crippen LogP contribution >= 0.6 is 0 Å². The third-order valence-corrected chi connectivity index (χ3v) is 4.87. The fourth-order valence-electron chi connectivity index (χ4n) is 4.02. The molecule has 1 aliphatic carbocycles. The van der Waals surface area contributed by atoms with Gasteiger partial charge in [-0.2, -0.15) is 0 Å². The summed E-state index contributed by atoms with van der Waals surface area (Å²) in [4.78, 5) is 14.3. The fraction of sp³-hybridized carbons (Fsp3) is 0.611. The molecule has 23 heavy (non-hydrogen) atoms. The van der Waals surface area contributed by atoms with E-state index in [-0.39, 0.29) is 23.3 Å². The van der Waals surface area contributed by atoms with E-state index in [1.54, 1.807) is 17.0 Å². The number of fused-ring (bicyclic) bond motifs is 1. The smallest absolute Gasteiger partial charge is 0.411 e. The average molecular weight is 321 g/mol. The number of benzene rings is 1. The Bertz CT molecular complexity index is 619. The predicted octanol–water partition coefficient (Wildman–Crippen LogP) is 3.65. The summed E-state index contributed by atoms with van der Waals surface area (Å²) in [5.74, 6) is -0.160. The standard InChI is InChI=1S/C18H24FNO3/c1-17(2,3)23-16(22)20-14(12-9-18(20,4)10-12)15(21)11-6-5-7-13(19)8-11/h5-8,12,14-15,21H,9-10H2,1-4H3/t12?,14-,15-,18?/m0/s1. The Morgan fingerprint density at radius 2 is 2.09 bits per heavy atom. The first-order valence-electron chi connectivity index (χ1n) is 8.07. The van der Waals surface area contributed by atoms with Crippen LogP contribution in [0.2, 0.25) is 0 Å². The molecule has 4 nitrogen and oxygen atoms in total. The minimum Gasteiger partial charge on any atom is -0.444 e. The molecule has 1 amide bonds. The number of hydrogen-bond donors (Lipinski definition) is 1. The largest absolute Gasteiger partial charge is 0.444 e. The molecular formula is C18H24FNO3. The van der Waals surface area contributed by atoms with Crippen LogP contribution in [0.5, 0.6) is 0 Å². The molecule has 3 fully saturated rings. The molecule has 2 bridgehead atoms. The van der Waals surface area contributed by atoms with E-state index in [0.717, 1.165) is 12.8 Å². The maximum Gasteiger partial charge on any atom is 0.411 e. The van der Waals surface area contributed by atoms with E-state index < -0.39 is 17.8 Å². The Hall–Kier alpha value is -1.62. The fourth-order valence-corrected chi connectivity index (χ4v) is 4.02. The van der Waals surface area contributed by atoms with Crippen molar-refractivity contribution in [1.29, 1.82) is 0 Å². The second kappa shape index (κ2) is 5.20. The summed E-state index contributed by atoms with van der Waals surface area (Å²) in [6.45, 7) is 7.49. The van der Waals surface area contributed by atoms with Crippen molar-refractivity contribution in [3.63, 3.8) is 0 Å². The Morgan fingerprint density at radius 3 is 2.65 bits per heavy atom. The van der Waals surface area contributed by atoms with Crippen molar-refractivity contribution in [2.45, 2.75) is 63.8 Å². The number of rotatable bonds is 2. The van der Waals surface area contributed by atoms with E-state index in [1.807, 2.05) is 27.7 Å². The van der Waals surface area contributed by atoms with Crippen LogP contribution in [-0.4, -0.2) is 33.3 Å². The van der Waals surface area contributed by atoms with Crippen LogP contribution in [-0.2, 0) is 4.74 Å². The van der Waals surface area contributed by atoms with Crippen molar-refractivity contribution in [1.82, 2.24) is 4.90 Å². The maximum atomic E-state index is 13.5. The minimum atomic E-state index is -0.910. The summed E-state index contributed by atoms with van der Waals surface area (Å²) in [5, 5.41) is 10.8. The normalized spacial score (nSPS) is 30.8. The van der Waals surface area contributed by atoms with Crippen molar-refractivity contribution in [3.05, 3.63) is 35.6 Å². The molecule has 0 aromatic heterocycles. The Kier molecular flexibility index (Phi) is 3.67. The van der Waals surface area contributed by atoms with Gasteiger partial charge in [0.1, 0.15) is 11.4 Å². The molecule has 1 N–H and O–H groups in total. The van der Waals surface area contributed by atoms with Crippen LogP contribution < -0.4 is 0 Å². The van der Waals surface area contributed by atoms with Gasteiger partial charge in [0.15, 0.2) is 0 Å². The van der Waals surface area contributed by atoms with Gasteiger partial charge in [0.05, 0.1) is 12.1 Å². The summed E-state index contributed by atoms with van der Waals surface area (Å²) in [6.07, 6.45) is 0.389. The summed E-state index contributed by atoms with van der Waals surface area (Å²) < 4.78 is 19.0. The minimum absolute atomic E-state index is 0.228. The molecule has 126 valence electrons. The van der Waals surface area contributed by atoms with Gasteiger partial charge in [0.2, 0.25) is 0 Å². The Labute approximate surface area is 136 Å². The third kappa shape index (κ3) is 2.82. The number of amides is 1. The average Bonchev–Trinajstić information content (AvgIpc) is 2.84. The highest BCUT2D eigenvalue weighted by molar-refractivity contribution is 5.71. The van der Waals surface area contributed by atoms with Crippen molar-refractivity contribution >= 4 is 6.09 Å². The highest BCUT2D eigenvalue weighted by Crippen LogP contribution is 2.57. The van der Waals surface area contributed by atoms with Crippen LogP contribution in [0.1, 0.15) is 52.2 Å². The molecule has 0 unspecified atom stereocenters. The van der Waals surface area contributed by atoms with Crippen molar-refractivity contribution in [2.75, 3.05) is 0 Å². The van der Waals surface area contributed by atoms with Crippen molar-refractivity contribution < 1.29 is 19.0 Å². The lowest BCUT2D eigenvalue weighted by Crippen LogP contribution is -2.49. The number of hydrogen-bond acceptors (Lipinski definition) is 3. The first-order chi connectivity index (χ1) is 10.6. The molecule has 5 heteroatoms. The Balaban J connectivity index is 1.87. The van der Waals surface area contributed by atoms with E-state index >= 15 is 0 Å². The SMILES string of the molecule is CC(C)(C)OC(=O)N1[C@H]([C@@H](O)c2cccc(F)c2)C2CC1(C)C2.